The number of rotatable bonds is 3. The van der Waals surface area contributed by atoms with Crippen LogP contribution in [0.1, 0.15) is 28.0 Å². The van der Waals surface area contributed by atoms with Crippen molar-refractivity contribution < 1.29 is 14.6 Å². The van der Waals surface area contributed by atoms with E-state index in [2.05, 4.69) is 5.10 Å². The van der Waals surface area contributed by atoms with Gasteiger partial charge in [-0.15, -0.1) is 0 Å². The Morgan fingerprint density at radius 2 is 2.10 bits per heavy atom. The summed E-state index contributed by atoms with van der Waals surface area (Å²) < 4.78 is 7.03. The molecule has 0 atom stereocenters. The molecule has 1 aromatic heterocycles. The van der Waals surface area contributed by atoms with E-state index in [-0.39, 0.29) is 5.69 Å². The highest BCUT2D eigenvalue weighted by Gasteiger charge is 2.22. The second kappa shape index (κ2) is 4.67. The van der Waals surface area contributed by atoms with Crippen LogP contribution in [0.5, 0.6) is 5.75 Å². The number of aromatic carboxylic acids is 1. The Kier molecular flexibility index (Phi) is 2.97. The third kappa shape index (κ3) is 1.86. The maximum absolute atomic E-state index is 11.0. The van der Waals surface area contributed by atoms with Crippen LogP contribution in [0, 0.1) is 0 Å². The molecule has 0 unspecified atom stereocenters. The lowest BCUT2D eigenvalue weighted by Crippen LogP contribution is -2.00. The minimum Gasteiger partial charge on any atom is -0.496 e. The summed E-state index contributed by atoms with van der Waals surface area (Å²) in [6.45, 7) is 0. The molecule has 5 nitrogen and oxygen atoms in total. The van der Waals surface area contributed by atoms with Crippen LogP contribution in [0.4, 0.5) is 0 Å². The zero-order valence-electron chi connectivity index (χ0n) is 11.5. The number of carboxylic acids is 1. The highest BCUT2D eigenvalue weighted by atomic mass is 16.5. The van der Waals surface area contributed by atoms with Crippen molar-refractivity contribution in [2.45, 2.75) is 19.3 Å². The molecule has 0 amide bonds. The monoisotopic (exact) mass is 272 g/mol. The second-order valence-corrected chi connectivity index (χ2v) is 4.97. The lowest BCUT2D eigenvalue weighted by Gasteiger charge is -2.12. The normalized spacial score (nSPS) is 13.3. The largest absolute Gasteiger partial charge is 0.496 e. The maximum atomic E-state index is 11.0. The summed E-state index contributed by atoms with van der Waals surface area (Å²) in [5.74, 6) is -0.0844. The molecule has 0 bridgehead atoms. The van der Waals surface area contributed by atoms with Gasteiger partial charge in [-0.25, -0.2) is 4.79 Å². The lowest BCUT2D eigenvalue weighted by molar-refractivity contribution is 0.0689. The minimum absolute atomic E-state index is 0.0741. The van der Waals surface area contributed by atoms with Gasteiger partial charge in [0.15, 0.2) is 5.69 Å². The van der Waals surface area contributed by atoms with Crippen LogP contribution in [0.25, 0.3) is 11.3 Å². The molecular formula is C15H16N2O3. The van der Waals surface area contributed by atoms with Crippen LogP contribution in [0.15, 0.2) is 18.2 Å². The fraction of sp³-hybridized carbons (Fsp3) is 0.333. The fourth-order valence-electron chi connectivity index (χ4n) is 2.93. The maximum Gasteiger partial charge on any atom is 0.356 e. The third-order valence-electron chi connectivity index (χ3n) is 3.84. The van der Waals surface area contributed by atoms with Crippen molar-refractivity contribution in [3.05, 3.63) is 35.0 Å². The van der Waals surface area contributed by atoms with Gasteiger partial charge >= 0.3 is 5.97 Å². The van der Waals surface area contributed by atoms with Crippen molar-refractivity contribution in [1.82, 2.24) is 9.78 Å². The number of hydrogen-bond donors (Lipinski definition) is 1. The summed E-state index contributed by atoms with van der Waals surface area (Å²) in [6, 6.07) is 5.57. The van der Waals surface area contributed by atoms with Gasteiger partial charge in [0.1, 0.15) is 5.75 Å². The number of carboxylic acid groups (broad SMARTS) is 1. The molecule has 1 aliphatic carbocycles. The van der Waals surface area contributed by atoms with Gasteiger partial charge in [-0.3, -0.25) is 4.68 Å². The van der Waals surface area contributed by atoms with Crippen LogP contribution in [-0.2, 0) is 19.9 Å². The molecule has 5 heteroatoms. The van der Waals surface area contributed by atoms with Gasteiger partial charge in [0.25, 0.3) is 0 Å². The van der Waals surface area contributed by atoms with Crippen molar-refractivity contribution in [3.8, 4) is 17.0 Å². The summed E-state index contributed by atoms with van der Waals surface area (Å²) in [6.07, 6.45) is 3.11. The van der Waals surface area contributed by atoms with Gasteiger partial charge in [0, 0.05) is 12.6 Å². The molecular weight excluding hydrogens is 256 g/mol. The number of hydrogen-bond acceptors (Lipinski definition) is 3. The molecule has 1 aromatic carbocycles. The smallest absolute Gasteiger partial charge is 0.356 e. The number of fused-ring (bicyclic) bond motifs is 1. The molecule has 0 saturated carbocycles. The summed E-state index contributed by atoms with van der Waals surface area (Å²) in [4.78, 5) is 11.0. The van der Waals surface area contributed by atoms with Crippen LogP contribution in [0.2, 0.25) is 0 Å². The zero-order valence-corrected chi connectivity index (χ0v) is 11.5. The van der Waals surface area contributed by atoms with Crippen LogP contribution >= 0.6 is 0 Å². The van der Waals surface area contributed by atoms with Crippen LogP contribution in [-0.4, -0.2) is 28.0 Å². The van der Waals surface area contributed by atoms with Gasteiger partial charge in [0.05, 0.1) is 12.8 Å². The van der Waals surface area contributed by atoms with Gasteiger partial charge in [-0.05, 0) is 48.6 Å². The van der Waals surface area contributed by atoms with Crippen molar-refractivity contribution in [3.63, 3.8) is 0 Å². The lowest BCUT2D eigenvalue weighted by atomic mass is 9.99. The van der Waals surface area contributed by atoms with Crippen molar-refractivity contribution in [2.24, 2.45) is 7.05 Å². The Hall–Kier alpha value is -2.30. The number of aromatic nitrogens is 2. The number of nitrogens with zero attached hydrogens (tertiary/aromatic N) is 2. The van der Waals surface area contributed by atoms with E-state index in [4.69, 9.17) is 9.84 Å². The molecule has 1 N–H and O–H groups in total. The van der Waals surface area contributed by atoms with E-state index in [9.17, 15) is 4.79 Å². The highest BCUT2D eigenvalue weighted by molar-refractivity contribution is 5.87. The van der Waals surface area contributed by atoms with E-state index in [1.807, 2.05) is 12.1 Å². The Morgan fingerprint density at radius 1 is 1.35 bits per heavy atom. The fourth-order valence-corrected chi connectivity index (χ4v) is 2.93. The van der Waals surface area contributed by atoms with Gasteiger partial charge < -0.3 is 9.84 Å². The van der Waals surface area contributed by atoms with Crippen LogP contribution in [0.3, 0.4) is 0 Å². The predicted molar refractivity (Wildman–Crippen MR) is 74.2 cm³/mol. The quantitative estimate of drug-likeness (QED) is 0.931. The molecule has 3 rings (SSSR count). The van der Waals surface area contributed by atoms with E-state index in [1.165, 1.54) is 11.1 Å². The SMILES string of the molecule is COc1ccc(-c2cc(C(=O)O)nn2C)c2c1CCC2. The average molecular weight is 272 g/mol. The van der Waals surface area contributed by atoms with E-state index in [0.29, 0.717) is 0 Å². The zero-order chi connectivity index (χ0) is 14.3. The van der Waals surface area contributed by atoms with Crippen molar-refractivity contribution in [1.29, 1.82) is 0 Å². The number of aryl methyl sites for hydroxylation is 1. The van der Waals surface area contributed by atoms with E-state index < -0.39 is 5.97 Å². The topological polar surface area (TPSA) is 64.3 Å². The summed E-state index contributed by atoms with van der Waals surface area (Å²) >= 11 is 0. The first kappa shape index (κ1) is 12.7. The predicted octanol–water partition coefficient (Wildman–Crippen LogP) is 2.28. The number of benzene rings is 1. The third-order valence-corrected chi connectivity index (χ3v) is 3.84. The van der Waals surface area contributed by atoms with Crippen molar-refractivity contribution >= 4 is 5.97 Å². The molecule has 0 fully saturated rings. The summed E-state index contributed by atoms with van der Waals surface area (Å²) in [7, 11) is 3.45. The number of ether oxygens (including phenoxy) is 1. The van der Waals surface area contributed by atoms with E-state index in [1.54, 1.807) is 24.9 Å². The van der Waals surface area contributed by atoms with E-state index in [0.717, 1.165) is 36.3 Å². The first-order valence-electron chi connectivity index (χ1n) is 6.58. The summed E-state index contributed by atoms with van der Waals surface area (Å²) in [5, 5.41) is 13.1. The molecule has 1 heterocycles. The molecule has 0 spiro atoms. The van der Waals surface area contributed by atoms with Gasteiger partial charge in [0.2, 0.25) is 0 Å². The molecule has 20 heavy (non-hydrogen) atoms. The van der Waals surface area contributed by atoms with Gasteiger partial charge in [-0.1, -0.05) is 0 Å². The molecule has 1 aliphatic rings. The molecule has 0 aliphatic heterocycles. The Bertz CT molecular complexity index is 689. The average Bonchev–Trinajstić information content (AvgIpc) is 3.04. The second-order valence-electron chi connectivity index (χ2n) is 4.97. The first-order valence-corrected chi connectivity index (χ1v) is 6.58. The molecule has 0 saturated heterocycles. The Morgan fingerprint density at radius 3 is 2.75 bits per heavy atom. The molecule has 104 valence electrons. The van der Waals surface area contributed by atoms with E-state index >= 15 is 0 Å². The highest BCUT2D eigenvalue weighted by Crippen LogP contribution is 2.37. The first-order chi connectivity index (χ1) is 9.61. The molecule has 2 aromatic rings. The Balaban J connectivity index is 2.16. The standard InChI is InChI=1S/C15H16N2O3/c1-17-13(8-12(16-17)15(18)19)10-6-7-14(20-2)11-5-3-4-9(10)11/h6-8H,3-5H2,1-2H3,(H,18,19). The molecule has 0 radical (unpaired) electrons. The van der Waals surface area contributed by atoms with Crippen molar-refractivity contribution in [2.75, 3.05) is 7.11 Å². The number of carbonyl (C=O) groups is 1. The number of methoxy groups -OCH3 is 1. The minimum atomic E-state index is -1.00. The summed E-state index contributed by atoms with van der Waals surface area (Å²) in [5.41, 5.74) is 4.46. The van der Waals surface area contributed by atoms with Gasteiger partial charge in [-0.2, -0.15) is 5.10 Å². The Labute approximate surface area is 116 Å². The van der Waals surface area contributed by atoms with Crippen LogP contribution < -0.4 is 4.74 Å².